The van der Waals surface area contributed by atoms with Crippen molar-refractivity contribution in [3.8, 4) is 0 Å². The topological polar surface area (TPSA) is 12.0 Å². The fourth-order valence-corrected chi connectivity index (χ4v) is 2.91. The molecule has 0 spiro atoms. The molecule has 2 fully saturated rings. The standard InChI is InChI=1S/C15H21N/c1-2-6-13(7-3-1)15(10-5-11-15)12-16-14-8-4-9-14/h1-3,6-7,14,16H,4-5,8-12H2. The molecule has 0 aliphatic heterocycles. The monoisotopic (exact) mass is 215 g/mol. The van der Waals surface area contributed by atoms with Gasteiger partial charge in [0.1, 0.15) is 0 Å². The third kappa shape index (κ3) is 1.78. The van der Waals surface area contributed by atoms with E-state index in [-0.39, 0.29) is 0 Å². The predicted octanol–water partition coefficient (Wildman–Crippen LogP) is 3.25. The van der Waals surface area contributed by atoms with E-state index in [0.717, 1.165) is 6.04 Å². The van der Waals surface area contributed by atoms with Crippen molar-refractivity contribution >= 4 is 0 Å². The molecule has 1 nitrogen and oxygen atoms in total. The number of nitrogens with one attached hydrogen (secondary N) is 1. The Bertz CT molecular complexity index is 336. The van der Waals surface area contributed by atoms with Gasteiger partial charge in [0.2, 0.25) is 0 Å². The Morgan fingerprint density at radius 3 is 2.31 bits per heavy atom. The van der Waals surface area contributed by atoms with Gasteiger partial charge in [-0.05, 0) is 31.2 Å². The van der Waals surface area contributed by atoms with E-state index in [9.17, 15) is 0 Å². The van der Waals surface area contributed by atoms with Crippen molar-refractivity contribution in [2.45, 2.75) is 50.0 Å². The van der Waals surface area contributed by atoms with E-state index in [1.807, 2.05) is 0 Å². The molecule has 1 aromatic rings. The van der Waals surface area contributed by atoms with Crippen molar-refractivity contribution in [1.29, 1.82) is 0 Å². The molecule has 2 aliphatic carbocycles. The molecule has 0 radical (unpaired) electrons. The van der Waals surface area contributed by atoms with Gasteiger partial charge in [-0.1, -0.05) is 43.2 Å². The van der Waals surface area contributed by atoms with Gasteiger partial charge in [0.15, 0.2) is 0 Å². The smallest absolute Gasteiger partial charge is 0.00779 e. The van der Waals surface area contributed by atoms with Gasteiger partial charge in [-0.15, -0.1) is 0 Å². The molecule has 2 aliphatic rings. The zero-order valence-corrected chi connectivity index (χ0v) is 9.91. The van der Waals surface area contributed by atoms with E-state index in [4.69, 9.17) is 0 Å². The first-order valence-corrected chi connectivity index (χ1v) is 6.68. The van der Waals surface area contributed by atoms with Crippen LogP contribution in [0.2, 0.25) is 0 Å². The molecule has 0 unspecified atom stereocenters. The molecule has 0 amide bonds. The Labute approximate surface area is 98.3 Å². The van der Waals surface area contributed by atoms with Gasteiger partial charge in [0, 0.05) is 18.0 Å². The maximum Gasteiger partial charge on any atom is 0.00779 e. The van der Waals surface area contributed by atoms with E-state index >= 15 is 0 Å². The van der Waals surface area contributed by atoms with Crippen LogP contribution in [0.3, 0.4) is 0 Å². The second kappa shape index (κ2) is 4.21. The van der Waals surface area contributed by atoms with Crippen molar-refractivity contribution in [3.63, 3.8) is 0 Å². The van der Waals surface area contributed by atoms with Gasteiger partial charge in [-0.2, -0.15) is 0 Å². The molecule has 1 aromatic carbocycles. The van der Waals surface area contributed by atoms with E-state index in [1.54, 1.807) is 5.56 Å². The third-order valence-corrected chi connectivity index (χ3v) is 4.53. The Balaban J connectivity index is 1.68. The van der Waals surface area contributed by atoms with Crippen LogP contribution in [-0.4, -0.2) is 12.6 Å². The minimum atomic E-state index is 0.469. The highest BCUT2D eigenvalue weighted by Gasteiger charge is 2.38. The molecule has 0 saturated heterocycles. The second-order valence-electron chi connectivity index (χ2n) is 5.51. The maximum absolute atomic E-state index is 3.76. The maximum atomic E-state index is 3.76. The first-order chi connectivity index (χ1) is 7.89. The average Bonchev–Trinajstić information content (AvgIpc) is 2.21. The van der Waals surface area contributed by atoms with Gasteiger partial charge in [-0.25, -0.2) is 0 Å². The molecule has 86 valence electrons. The predicted molar refractivity (Wildman–Crippen MR) is 67.6 cm³/mol. The Hall–Kier alpha value is -0.820. The molecular formula is C15H21N. The summed E-state index contributed by atoms with van der Waals surface area (Å²) in [5.41, 5.74) is 2.02. The lowest BCUT2D eigenvalue weighted by Crippen LogP contribution is -2.48. The van der Waals surface area contributed by atoms with Crippen LogP contribution in [0.4, 0.5) is 0 Å². The van der Waals surface area contributed by atoms with Crippen LogP contribution in [0.15, 0.2) is 30.3 Å². The summed E-state index contributed by atoms with van der Waals surface area (Å²) in [6.45, 7) is 1.20. The molecule has 1 N–H and O–H groups in total. The normalized spacial score (nSPS) is 23.5. The quantitative estimate of drug-likeness (QED) is 0.813. The summed E-state index contributed by atoms with van der Waals surface area (Å²) in [5, 5.41) is 3.76. The van der Waals surface area contributed by atoms with Crippen molar-refractivity contribution < 1.29 is 0 Å². The molecule has 16 heavy (non-hydrogen) atoms. The fourth-order valence-electron chi connectivity index (χ4n) is 2.91. The molecule has 0 bridgehead atoms. The summed E-state index contributed by atoms with van der Waals surface area (Å²) < 4.78 is 0. The highest BCUT2D eigenvalue weighted by molar-refractivity contribution is 5.28. The van der Waals surface area contributed by atoms with Crippen molar-refractivity contribution in [3.05, 3.63) is 35.9 Å². The molecule has 2 saturated carbocycles. The lowest BCUT2D eigenvalue weighted by Gasteiger charge is -2.44. The van der Waals surface area contributed by atoms with Gasteiger partial charge >= 0.3 is 0 Å². The number of hydrogen-bond acceptors (Lipinski definition) is 1. The second-order valence-corrected chi connectivity index (χ2v) is 5.51. The van der Waals surface area contributed by atoms with Crippen LogP contribution in [0.1, 0.15) is 44.1 Å². The Morgan fingerprint density at radius 1 is 1.06 bits per heavy atom. The van der Waals surface area contributed by atoms with Crippen molar-refractivity contribution in [2.75, 3.05) is 6.54 Å². The lowest BCUT2D eigenvalue weighted by atomic mass is 9.64. The summed E-state index contributed by atoms with van der Waals surface area (Å²) in [4.78, 5) is 0. The number of benzene rings is 1. The highest BCUT2D eigenvalue weighted by atomic mass is 14.9. The first-order valence-electron chi connectivity index (χ1n) is 6.68. The fraction of sp³-hybridized carbons (Fsp3) is 0.600. The summed E-state index contributed by atoms with van der Waals surface area (Å²) in [5.74, 6) is 0. The number of rotatable bonds is 4. The van der Waals surface area contributed by atoms with Crippen LogP contribution in [-0.2, 0) is 5.41 Å². The highest BCUT2D eigenvalue weighted by Crippen LogP contribution is 2.43. The summed E-state index contributed by atoms with van der Waals surface area (Å²) in [7, 11) is 0. The van der Waals surface area contributed by atoms with Crippen molar-refractivity contribution in [2.24, 2.45) is 0 Å². The van der Waals surface area contributed by atoms with E-state index in [2.05, 4.69) is 35.6 Å². The summed E-state index contributed by atoms with van der Waals surface area (Å²) in [6, 6.07) is 11.9. The SMILES string of the molecule is c1ccc(C2(CNC3CCC3)CCC2)cc1. The van der Waals surface area contributed by atoms with E-state index in [0.29, 0.717) is 5.41 Å². The zero-order chi connectivity index (χ0) is 10.8. The average molecular weight is 215 g/mol. The van der Waals surface area contributed by atoms with Gasteiger partial charge < -0.3 is 5.32 Å². The van der Waals surface area contributed by atoms with E-state index in [1.165, 1.54) is 45.1 Å². The van der Waals surface area contributed by atoms with Gasteiger partial charge in [0.25, 0.3) is 0 Å². The molecule has 0 heterocycles. The van der Waals surface area contributed by atoms with E-state index < -0.39 is 0 Å². The zero-order valence-electron chi connectivity index (χ0n) is 9.91. The van der Waals surface area contributed by atoms with Crippen molar-refractivity contribution in [1.82, 2.24) is 5.32 Å². The Morgan fingerprint density at radius 2 is 1.81 bits per heavy atom. The number of hydrogen-bond donors (Lipinski definition) is 1. The van der Waals surface area contributed by atoms with Crippen LogP contribution >= 0.6 is 0 Å². The lowest BCUT2D eigenvalue weighted by molar-refractivity contribution is 0.207. The molecule has 1 heteroatoms. The first kappa shape index (κ1) is 10.3. The third-order valence-electron chi connectivity index (χ3n) is 4.53. The van der Waals surface area contributed by atoms with Crippen LogP contribution in [0, 0.1) is 0 Å². The van der Waals surface area contributed by atoms with Gasteiger partial charge in [-0.3, -0.25) is 0 Å². The Kier molecular flexibility index (Phi) is 2.72. The minimum absolute atomic E-state index is 0.469. The summed E-state index contributed by atoms with van der Waals surface area (Å²) in [6.07, 6.45) is 8.36. The van der Waals surface area contributed by atoms with Gasteiger partial charge in [0.05, 0.1) is 0 Å². The molecule has 0 atom stereocenters. The largest absolute Gasteiger partial charge is 0.313 e. The van der Waals surface area contributed by atoms with Crippen LogP contribution in [0.25, 0.3) is 0 Å². The van der Waals surface area contributed by atoms with Crippen LogP contribution < -0.4 is 5.32 Å². The minimum Gasteiger partial charge on any atom is -0.313 e. The molecule has 0 aromatic heterocycles. The summed E-state index contributed by atoms with van der Waals surface area (Å²) >= 11 is 0. The van der Waals surface area contributed by atoms with Crippen LogP contribution in [0.5, 0.6) is 0 Å². The molecule has 3 rings (SSSR count). The molecular weight excluding hydrogens is 194 g/mol.